The number of rotatable bonds is 14. The minimum atomic E-state index is -1.24. The minimum absolute atomic E-state index is 0.0133. The highest BCUT2D eigenvalue weighted by Gasteiger charge is 2.24. The normalized spacial score (nSPS) is 12.3. The van der Waals surface area contributed by atoms with Crippen LogP contribution in [-0.2, 0) is 32.1 Å². The van der Waals surface area contributed by atoms with Crippen LogP contribution in [0, 0.1) is 0 Å². The lowest BCUT2D eigenvalue weighted by molar-refractivity contribution is -0.140. The average Bonchev–Trinajstić information content (AvgIpc) is 2.90. The maximum Gasteiger partial charge on any atom is 0.408 e. The largest absolute Gasteiger partial charge is 0.481 e. The molecule has 0 aliphatic rings. The molecule has 2 N–H and O–H groups in total. The van der Waals surface area contributed by atoms with Crippen molar-refractivity contribution in [2.45, 2.75) is 37.8 Å². The minimum Gasteiger partial charge on any atom is -0.481 e. The van der Waals surface area contributed by atoms with Crippen LogP contribution in [0.5, 0.6) is 0 Å². The predicted octanol–water partition coefficient (Wildman–Crippen LogP) is 4.76. The van der Waals surface area contributed by atoms with Gasteiger partial charge in [-0.3, -0.25) is 9.59 Å². The second-order valence-corrected chi connectivity index (χ2v) is 8.46. The van der Waals surface area contributed by atoms with E-state index < -0.39 is 30.3 Å². The Morgan fingerprint density at radius 3 is 2.00 bits per heavy atom. The maximum absolute atomic E-state index is 12.6. The maximum atomic E-state index is 12.6. The Hall–Kier alpha value is -3.97. The topological polar surface area (TPSA) is 102 Å². The van der Waals surface area contributed by atoms with Crippen molar-refractivity contribution in [3.05, 3.63) is 108 Å². The third-order valence-electron chi connectivity index (χ3n) is 5.72. The summed E-state index contributed by atoms with van der Waals surface area (Å²) in [5, 5.41) is 11.5. The molecule has 0 fully saturated rings. The fraction of sp³-hybridized carbons (Fsp3) is 0.276. The Morgan fingerprint density at radius 1 is 0.806 bits per heavy atom. The molecule has 3 aromatic carbocycles. The molecule has 2 atom stereocenters. The number of nitrogens with one attached hydrogen (secondary N) is 1. The molecule has 0 aromatic heterocycles. The van der Waals surface area contributed by atoms with Crippen LogP contribution in [0.3, 0.4) is 0 Å². The molecule has 0 radical (unpaired) electrons. The molecule has 36 heavy (non-hydrogen) atoms. The van der Waals surface area contributed by atoms with Gasteiger partial charge in [0.15, 0.2) is 5.78 Å². The van der Waals surface area contributed by atoms with E-state index in [0.29, 0.717) is 13.0 Å². The monoisotopic (exact) mass is 489 g/mol. The Balaban J connectivity index is 1.50. The lowest BCUT2D eigenvalue weighted by atomic mass is 9.89. The Labute approximate surface area is 211 Å². The number of benzene rings is 3. The van der Waals surface area contributed by atoms with Crippen molar-refractivity contribution in [3.8, 4) is 0 Å². The number of ether oxygens (including phenoxy) is 2. The number of Topliss-reactive ketones (excluding diaryl/α,β-unsaturated/α-hetero) is 1. The van der Waals surface area contributed by atoms with Crippen LogP contribution in [0.2, 0.25) is 0 Å². The molecule has 0 saturated heterocycles. The van der Waals surface area contributed by atoms with Crippen LogP contribution in [0.25, 0.3) is 0 Å². The van der Waals surface area contributed by atoms with Crippen LogP contribution in [0.4, 0.5) is 4.79 Å². The number of hydrogen-bond acceptors (Lipinski definition) is 5. The van der Waals surface area contributed by atoms with Crippen molar-refractivity contribution in [1.82, 2.24) is 5.32 Å². The van der Waals surface area contributed by atoms with Crippen molar-refractivity contribution in [2.24, 2.45) is 0 Å². The molecular weight excluding hydrogens is 458 g/mol. The van der Waals surface area contributed by atoms with Crippen molar-refractivity contribution < 1.29 is 29.0 Å². The summed E-state index contributed by atoms with van der Waals surface area (Å²) in [6, 6.07) is 28.1. The number of aliphatic carboxylic acids is 1. The van der Waals surface area contributed by atoms with Crippen LogP contribution in [0.15, 0.2) is 91.0 Å². The molecule has 3 rings (SSSR count). The molecule has 0 heterocycles. The van der Waals surface area contributed by atoms with E-state index in [9.17, 15) is 19.5 Å². The second kappa shape index (κ2) is 14.4. The summed E-state index contributed by atoms with van der Waals surface area (Å²) >= 11 is 0. The van der Waals surface area contributed by atoms with Gasteiger partial charge in [0.1, 0.15) is 19.3 Å². The molecule has 0 aliphatic carbocycles. The van der Waals surface area contributed by atoms with E-state index in [2.05, 4.69) is 29.6 Å². The van der Waals surface area contributed by atoms with Gasteiger partial charge in [-0.2, -0.15) is 0 Å². The standard InChI is InChI=1S/C29H31NO6/c31-27(26(19-28(32)33)30-29(34)36-20-23-12-6-2-7-13-23)21-35-17-16-25(24-14-8-3-9-15-24)18-22-10-4-1-5-11-22/h1-15,25-26H,16-21H2,(H,30,34)(H,32,33). The first kappa shape index (κ1) is 26.6. The zero-order chi connectivity index (χ0) is 25.6. The summed E-state index contributed by atoms with van der Waals surface area (Å²) < 4.78 is 10.7. The SMILES string of the molecule is O=C(O)CC(NC(=O)OCc1ccccc1)C(=O)COCCC(Cc1ccccc1)c1ccccc1. The van der Waals surface area contributed by atoms with E-state index in [1.54, 1.807) is 12.1 Å². The smallest absolute Gasteiger partial charge is 0.408 e. The average molecular weight is 490 g/mol. The molecule has 7 nitrogen and oxygen atoms in total. The van der Waals surface area contributed by atoms with Gasteiger partial charge in [0.25, 0.3) is 0 Å². The molecule has 7 heteroatoms. The van der Waals surface area contributed by atoms with Gasteiger partial charge in [-0.05, 0) is 35.4 Å². The first-order valence-electron chi connectivity index (χ1n) is 11.9. The molecule has 1 amide bonds. The van der Waals surface area contributed by atoms with Gasteiger partial charge in [-0.25, -0.2) is 4.79 Å². The predicted molar refractivity (Wildman–Crippen MR) is 136 cm³/mol. The third-order valence-corrected chi connectivity index (χ3v) is 5.72. The van der Waals surface area contributed by atoms with Crippen molar-refractivity contribution in [2.75, 3.05) is 13.2 Å². The number of hydrogen-bond donors (Lipinski definition) is 2. The Kier molecular flexibility index (Phi) is 10.7. The number of carboxylic acids is 1. The van der Waals surface area contributed by atoms with E-state index >= 15 is 0 Å². The highest BCUT2D eigenvalue weighted by atomic mass is 16.5. The summed E-state index contributed by atoms with van der Waals surface area (Å²) in [5.41, 5.74) is 3.17. The number of alkyl carbamates (subject to hydrolysis) is 1. The lowest BCUT2D eigenvalue weighted by Gasteiger charge is -2.19. The number of ketones is 1. The molecular formula is C29H31NO6. The molecule has 0 spiro atoms. The van der Waals surface area contributed by atoms with Crippen molar-refractivity contribution in [3.63, 3.8) is 0 Å². The van der Waals surface area contributed by atoms with Crippen LogP contribution >= 0.6 is 0 Å². The van der Waals surface area contributed by atoms with Gasteiger partial charge >= 0.3 is 12.1 Å². The van der Waals surface area contributed by atoms with Crippen LogP contribution in [0.1, 0.15) is 35.4 Å². The first-order valence-corrected chi connectivity index (χ1v) is 11.9. The van der Waals surface area contributed by atoms with Crippen LogP contribution < -0.4 is 5.32 Å². The van der Waals surface area contributed by atoms with Gasteiger partial charge in [0.05, 0.1) is 6.42 Å². The lowest BCUT2D eigenvalue weighted by Crippen LogP contribution is -2.44. The highest BCUT2D eigenvalue weighted by molar-refractivity contribution is 5.91. The molecule has 3 aromatic rings. The fourth-order valence-corrected chi connectivity index (χ4v) is 3.84. The summed E-state index contributed by atoms with van der Waals surface area (Å²) in [4.78, 5) is 36.0. The number of amides is 1. The summed E-state index contributed by atoms with van der Waals surface area (Å²) in [5.74, 6) is -1.53. The molecule has 0 aliphatic heterocycles. The van der Waals surface area contributed by atoms with E-state index in [4.69, 9.17) is 9.47 Å². The molecule has 188 valence electrons. The third kappa shape index (κ3) is 9.35. The van der Waals surface area contributed by atoms with E-state index in [1.165, 1.54) is 11.1 Å². The summed E-state index contributed by atoms with van der Waals surface area (Å²) in [6.07, 6.45) is 0.106. The Morgan fingerprint density at radius 2 is 1.39 bits per heavy atom. The zero-order valence-corrected chi connectivity index (χ0v) is 20.0. The molecule has 0 saturated carbocycles. The van der Waals surface area contributed by atoms with E-state index in [1.807, 2.05) is 54.6 Å². The van der Waals surface area contributed by atoms with Crippen molar-refractivity contribution in [1.29, 1.82) is 0 Å². The van der Waals surface area contributed by atoms with E-state index in [-0.39, 0.29) is 19.1 Å². The van der Waals surface area contributed by atoms with E-state index in [0.717, 1.165) is 12.0 Å². The summed E-state index contributed by atoms with van der Waals surface area (Å²) in [6.45, 7) is 0.0274. The highest BCUT2D eigenvalue weighted by Crippen LogP contribution is 2.24. The Bertz CT molecular complexity index is 1090. The molecule has 0 bridgehead atoms. The number of carbonyl (C=O) groups excluding carboxylic acids is 2. The van der Waals surface area contributed by atoms with Gasteiger partial charge in [0.2, 0.25) is 0 Å². The summed E-state index contributed by atoms with van der Waals surface area (Å²) in [7, 11) is 0. The van der Waals surface area contributed by atoms with Crippen molar-refractivity contribution >= 4 is 17.8 Å². The van der Waals surface area contributed by atoms with Gasteiger partial charge in [-0.15, -0.1) is 0 Å². The number of carboxylic acid groups (broad SMARTS) is 1. The number of carbonyl (C=O) groups is 3. The second-order valence-electron chi connectivity index (χ2n) is 8.46. The van der Waals surface area contributed by atoms with Gasteiger partial charge in [0, 0.05) is 6.61 Å². The first-order chi connectivity index (χ1) is 17.5. The zero-order valence-electron chi connectivity index (χ0n) is 20.0. The molecule has 2 unspecified atom stereocenters. The fourth-order valence-electron chi connectivity index (χ4n) is 3.84. The van der Waals surface area contributed by atoms with Gasteiger partial charge < -0.3 is 19.9 Å². The van der Waals surface area contributed by atoms with Gasteiger partial charge in [-0.1, -0.05) is 91.0 Å². The van der Waals surface area contributed by atoms with Crippen LogP contribution in [-0.4, -0.2) is 42.2 Å². The quantitative estimate of drug-likeness (QED) is 0.317.